The highest BCUT2D eigenvalue weighted by Gasteiger charge is 2.31. The lowest BCUT2D eigenvalue weighted by atomic mass is 10.0. The smallest absolute Gasteiger partial charge is 0.246 e. The van der Waals surface area contributed by atoms with Gasteiger partial charge in [0, 0.05) is 38.0 Å². The van der Waals surface area contributed by atoms with Crippen molar-refractivity contribution in [3.05, 3.63) is 60.1 Å². The minimum absolute atomic E-state index is 0.0382. The van der Waals surface area contributed by atoms with Crippen molar-refractivity contribution in [1.29, 1.82) is 0 Å². The number of hydrogen-bond donors (Lipinski definition) is 0. The Balaban J connectivity index is 1.28. The Hall–Kier alpha value is -3.19. The number of amides is 1. The number of imidazole rings is 1. The van der Waals surface area contributed by atoms with Crippen LogP contribution in [0.3, 0.4) is 0 Å². The van der Waals surface area contributed by atoms with E-state index in [9.17, 15) is 4.79 Å². The SMILES string of the molecule is COc1ccc(C=CC(=O)N2CCC(n3c(C4CCCO4)nc4cccnc43)CC2)cc1. The number of methoxy groups -OCH3 is 1. The molecule has 1 unspecified atom stereocenters. The first-order valence-corrected chi connectivity index (χ1v) is 11.3. The predicted octanol–water partition coefficient (Wildman–Crippen LogP) is 4.17. The van der Waals surface area contributed by atoms with Crippen LogP contribution in [0, 0.1) is 0 Å². The lowest BCUT2D eigenvalue weighted by molar-refractivity contribution is -0.127. The molecule has 7 nitrogen and oxygen atoms in total. The molecule has 3 aromatic rings. The fraction of sp³-hybridized carbons (Fsp3) is 0.400. The number of ether oxygens (including phenoxy) is 2. The average Bonchev–Trinajstić information content (AvgIpc) is 3.51. The van der Waals surface area contributed by atoms with Crippen molar-refractivity contribution in [2.24, 2.45) is 0 Å². The molecule has 166 valence electrons. The van der Waals surface area contributed by atoms with Crippen LogP contribution < -0.4 is 4.74 Å². The van der Waals surface area contributed by atoms with E-state index in [-0.39, 0.29) is 18.1 Å². The molecule has 1 amide bonds. The first-order valence-electron chi connectivity index (χ1n) is 11.3. The van der Waals surface area contributed by atoms with E-state index >= 15 is 0 Å². The number of carbonyl (C=O) groups excluding carboxylic acids is 1. The van der Waals surface area contributed by atoms with Gasteiger partial charge in [0.25, 0.3) is 0 Å². The van der Waals surface area contributed by atoms with Crippen molar-refractivity contribution in [2.45, 2.75) is 37.8 Å². The third-order valence-electron chi connectivity index (χ3n) is 6.37. The predicted molar refractivity (Wildman–Crippen MR) is 122 cm³/mol. The molecule has 0 radical (unpaired) electrons. The van der Waals surface area contributed by atoms with Gasteiger partial charge in [0.1, 0.15) is 23.2 Å². The molecule has 4 heterocycles. The van der Waals surface area contributed by atoms with E-state index in [1.807, 2.05) is 53.6 Å². The minimum atomic E-state index is 0.0382. The van der Waals surface area contributed by atoms with Crippen LogP contribution in [0.25, 0.3) is 17.2 Å². The summed E-state index contributed by atoms with van der Waals surface area (Å²) < 4.78 is 13.4. The summed E-state index contributed by atoms with van der Waals surface area (Å²) in [4.78, 5) is 24.2. The first kappa shape index (κ1) is 20.7. The topological polar surface area (TPSA) is 69.5 Å². The molecule has 5 rings (SSSR count). The molecule has 32 heavy (non-hydrogen) atoms. The molecule has 0 aliphatic carbocycles. The van der Waals surface area contributed by atoms with Crippen LogP contribution in [0.15, 0.2) is 48.7 Å². The zero-order valence-corrected chi connectivity index (χ0v) is 18.3. The molecule has 2 fully saturated rings. The fourth-order valence-electron chi connectivity index (χ4n) is 4.65. The molecule has 0 spiro atoms. The fourth-order valence-corrected chi connectivity index (χ4v) is 4.65. The summed E-state index contributed by atoms with van der Waals surface area (Å²) in [5.74, 6) is 1.84. The number of rotatable bonds is 5. The van der Waals surface area contributed by atoms with E-state index in [4.69, 9.17) is 14.5 Å². The van der Waals surface area contributed by atoms with Crippen LogP contribution in [0.1, 0.15) is 49.2 Å². The summed E-state index contributed by atoms with van der Waals surface area (Å²) in [6, 6.07) is 11.9. The van der Waals surface area contributed by atoms with Crippen LogP contribution in [0.2, 0.25) is 0 Å². The van der Waals surface area contributed by atoms with Gasteiger partial charge in [-0.05, 0) is 61.6 Å². The van der Waals surface area contributed by atoms with Gasteiger partial charge in [0.15, 0.2) is 5.65 Å². The normalized spacial score (nSPS) is 19.8. The zero-order valence-electron chi connectivity index (χ0n) is 18.3. The maximum absolute atomic E-state index is 12.7. The maximum Gasteiger partial charge on any atom is 0.246 e. The van der Waals surface area contributed by atoms with Crippen molar-refractivity contribution >= 4 is 23.1 Å². The molecule has 0 saturated carbocycles. The van der Waals surface area contributed by atoms with Crippen LogP contribution in [-0.4, -0.2) is 52.1 Å². The number of fused-ring (bicyclic) bond motifs is 1. The summed E-state index contributed by atoms with van der Waals surface area (Å²) in [6.45, 7) is 2.22. The highest BCUT2D eigenvalue weighted by Crippen LogP contribution is 2.35. The monoisotopic (exact) mass is 432 g/mol. The van der Waals surface area contributed by atoms with Crippen LogP contribution >= 0.6 is 0 Å². The Labute approximate surface area is 187 Å². The number of carbonyl (C=O) groups is 1. The van der Waals surface area contributed by atoms with Crippen molar-refractivity contribution in [3.63, 3.8) is 0 Å². The van der Waals surface area contributed by atoms with Gasteiger partial charge in [-0.2, -0.15) is 0 Å². The molecule has 0 N–H and O–H groups in total. The van der Waals surface area contributed by atoms with Crippen LogP contribution in [0.4, 0.5) is 0 Å². The third kappa shape index (κ3) is 4.12. The third-order valence-corrected chi connectivity index (χ3v) is 6.37. The van der Waals surface area contributed by atoms with Gasteiger partial charge in [-0.25, -0.2) is 9.97 Å². The summed E-state index contributed by atoms with van der Waals surface area (Å²) >= 11 is 0. The Morgan fingerprint density at radius 2 is 1.97 bits per heavy atom. The van der Waals surface area contributed by atoms with Gasteiger partial charge in [-0.3, -0.25) is 4.79 Å². The molecule has 2 aromatic heterocycles. The van der Waals surface area contributed by atoms with Gasteiger partial charge >= 0.3 is 0 Å². The highest BCUT2D eigenvalue weighted by atomic mass is 16.5. The quantitative estimate of drug-likeness (QED) is 0.566. The first-order chi connectivity index (χ1) is 15.7. The molecule has 1 atom stereocenters. The molecule has 2 aliphatic heterocycles. The second-order valence-electron chi connectivity index (χ2n) is 8.35. The summed E-state index contributed by atoms with van der Waals surface area (Å²) in [5.41, 5.74) is 2.81. The molecular formula is C25H28N4O3. The maximum atomic E-state index is 12.7. The van der Waals surface area contributed by atoms with Crippen molar-refractivity contribution in [2.75, 3.05) is 26.8 Å². The Morgan fingerprint density at radius 3 is 2.69 bits per heavy atom. The lowest BCUT2D eigenvalue weighted by Gasteiger charge is -2.33. The number of pyridine rings is 1. The number of piperidine rings is 1. The number of hydrogen-bond acceptors (Lipinski definition) is 5. The Kier molecular flexibility index (Phi) is 5.90. The second-order valence-corrected chi connectivity index (χ2v) is 8.35. The minimum Gasteiger partial charge on any atom is -0.497 e. The largest absolute Gasteiger partial charge is 0.497 e. The summed E-state index contributed by atoms with van der Waals surface area (Å²) in [7, 11) is 1.64. The van der Waals surface area contributed by atoms with E-state index < -0.39 is 0 Å². The zero-order chi connectivity index (χ0) is 21.9. The standard InChI is InChI=1S/C25H28N4O3/c1-31-20-9-6-18(7-10-20)8-11-23(30)28-15-12-19(13-16-28)29-24-21(4-2-14-26-24)27-25(29)22-5-3-17-32-22/h2,4,6-11,14,19,22H,3,5,12-13,15-17H2,1H3. The molecule has 2 saturated heterocycles. The molecule has 7 heteroatoms. The van der Waals surface area contributed by atoms with E-state index in [1.165, 1.54) is 0 Å². The van der Waals surface area contributed by atoms with Crippen LogP contribution in [-0.2, 0) is 9.53 Å². The molecule has 2 aliphatic rings. The molecule has 0 bridgehead atoms. The number of aromatic nitrogens is 3. The van der Waals surface area contributed by atoms with Crippen molar-refractivity contribution in [1.82, 2.24) is 19.4 Å². The summed E-state index contributed by atoms with van der Waals surface area (Å²) in [5, 5.41) is 0. The van der Waals surface area contributed by atoms with Crippen molar-refractivity contribution < 1.29 is 14.3 Å². The van der Waals surface area contributed by atoms with Gasteiger partial charge in [-0.1, -0.05) is 12.1 Å². The summed E-state index contributed by atoms with van der Waals surface area (Å²) in [6.07, 6.45) is 9.20. The van der Waals surface area contributed by atoms with Gasteiger partial charge in [0.2, 0.25) is 5.91 Å². The molecular weight excluding hydrogens is 404 g/mol. The van der Waals surface area contributed by atoms with Crippen LogP contribution in [0.5, 0.6) is 5.75 Å². The van der Waals surface area contributed by atoms with E-state index in [0.29, 0.717) is 13.1 Å². The number of nitrogens with zero attached hydrogens (tertiary/aromatic N) is 4. The number of benzene rings is 1. The number of likely N-dealkylation sites (tertiary alicyclic amines) is 1. The second kappa shape index (κ2) is 9.12. The van der Waals surface area contributed by atoms with Gasteiger partial charge in [-0.15, -0.1) is 0 Å². The lowest BCUT2D eigenvalue weighted by Crippen LogP contribution is -2.38. The highest BCUT2D eigenvalue weighted by molar-refractivity contribution is 5.91. The Bertz CT molecular complexity index is 1110. The van der Waals surface area contributed by atoms with Gasteiger partial charge in [0.05, 0.1) is 7.11 Å². The van der Waals surface area contributed by atoms with Crippen molar-refractivity contribution in [3.8, 4) is 5.75 Å². The van der Waals surface area contributed by atoms with E-state index in [1.54, 1.807) is 13.2 Å². The Morgan fingerprint density at radius 1 is 1.16 bits per heavy atom. The van der Waals surface area contributed by atoms with Gasteiger partial charge < -0.3 is 18.9 Å². The molecule has 1 aromatic carbocycles. The van der Waals surface area contributed by atoms with E-state index in [2.05, 4.69) is 9.55 Å². The average molecular weight is 433 g/mol. The van der Waals surface area contributed by atoms with E-state index in [0.717, 1.165) is 60.6 Å².